The lowest BCUT2D eigenvalue weighted by Crippen LogP contribution is -2.42. The molecule has 0 unspecified atom stereocenters. The second-order valence-corrected chi connectivity index (χ2v) is 9.45. The van der Waals surface area contributed by atoms with E-state index < -0.39 is 0 Å². The number of benzene rings is 3. The fourth-order valence-electron chi connectivity index (χ4n) is 4.46. The van der Waals surface area contributed by atoms with Gasteiger partial charge in [0.05, 0.1) is 27.8 Å². The molecule has 2 heterocycles. The van der Waals surface area contributed by atoms with Crippen LogP contribution in [0.1, 0.15) is 40.9 Å². The minimum absolute atomic E-state index is 0.0705. The molecule has 0 atom stereocenters. The molecular formula is C27H27N3OS. The van der Waals surface area contributed by atoms with Gasteiger partial charge in [0.15, 0.2) is 0 Å². The number of carbonyl (C=O) groups is 1. The first-order valence-corrected chi connectivity index (χ1v) is 12.0. The van der Waals surface area contributed by atoms with Crippen molar-refractivity contribution >= 4 is 27.5 Å². The molecule has 4 aromatic rings. The van der Waals surface area contributed by atoms with E-state index in [1.807, 2.05) is 53.8 Å². The Morgan fingerprint density at radius 2 is 1.50 bits per heavy atom. The summed E-state index contributed by atoms with van der Waals surface area (Å²) in [6.07, 6.45) is 2.10. The number of fused-ring (bicyclic) bond motifs is 1. The highest BCUT2D eigenvalue weighted by atomic mass is 32.1. The molecule has 1 fully saturated rings. The van der Waals surface area contributed by atoms with Crippen LogP contribution < -0.4 is 5.32 Å². The number of amides is 1. The van der Waals surface area contributed by atoms with Gasteiger partial charge >= 0.3 is 0 Å². The molecule has 1 N–H and O–H groups in total. The van der Waals surface area contributed by atoms with Crippen molar-refractivity contribution in [3.05, 3.63) is 101 Å². The number of hydrogen-bond donors (Lipinski definition) is 1. The summed E-state index contributed by atoms with van der Waals surface area (Å²) in [4.78, 5) is 20.1. The van der Waals surface area contributed by atoms with E-state index in [9.17, 15) is 4.79 Å². The highest BCUT2D eigenvalue weighted by Gasteiger charge is 2.25. The monoisotopic (exact) mass is 441 g/mol. The molecule has 1 amide bonds. The maximum atomic E-state index is 13.0. The molecule has 1 aliphatic heterocycles. The van der Waals surface area contributed by atoms with Gasteiger partial charge in [0.2, 0.25) is 5.91 Å². The third-order valence-electron chi connectivity index (χ3n) is 6.19. The summed E-state index contributed by atoms with van der Waals surface area (Å²) in [6, 6.07) is 28.6. The van der Waals surface area contributed by atoms with Gasteiger partial charge in [0, 0.05) is 5.92 Å². The van der Waals surface area contributed by atoms with Crippen molar-refractivity contribution in [3.63, 3.8) is 0 Å². The number of nitrogens with zero attached hydrogens (tertiary/aromatic N) is 2. The van der Waals surface area contributed by atoms with Crippen molar-refractivity contribution in [2.45, 2.75) is 24.8 Å². The van der Waals surface area contributed by atoms with E-state index in [1.54, 1.807) is 0 Å². The normalized spacial score (nSPS) is 15.3. The van der Waals surface area contributed by atoms with Gasteiger partial charge in [-0.05, 0) is 49.2 Å². The Morgan fingerprint density at radius 3 is 2.12 bits per heavy atom. The number of piperidine rings is 1. The third kappa shape index (κ3) is 4.74. The topological polar surface area (TPSA) is 45.2 Å². The van der Waals surface area contributed by atoms with Crippen molar-refractivity contribution < 1.29 is 4.79 Å². The summed E-state index contributed by atoms with van der Waals surface area (Å²) >= 11 is 1.81. The number of likely N-dealkylation sites (tertiary alicyclic amines) is 1. The average molecular weight is 442 g/mol. The zero-order valence-electron chi connectivity index (χ0n) is 18.0. The van der Waals surface area contributed by atoms with E-state index >= 15 is 0 Å². The lowest BCUT2D eigenvalue weighted by molar-refractivity contribution is -0.123. The highest BCUT2D eigenvalue weighted by molar-refractivity contribution is 7.18. The fraction of sp³-hybridized carbons (Fsp3) is 0.259. The van der Waals surface area contributed by atoms with Gasteiger partial charge in [-0.1, -0.05) is 72.8 Å². The van der Waals surface area contributed by atoms with Crippen LogP contribution >= 0.6 is 11.3 Å². The van der Waals surface area contributed by atoms with E-state index in [0.717, 1.165) is 42.6 Å². The van der Waals surface area contributed by atoms with Gasteiger partial charge in [0.1, 0.15) is 0 Å². The zero-order chi connectivity index (χ0) is 21.8. The Labute approximate surface area is 192 Å². The molecule has 0 spiro atoms. The quantitative estimate of drug-likeness (QED) is 0.437. The Kier molecular flexibility index (Phi) is 6.28. The summed E-state index contributed by atoms with van der Waals surface area (Å²) in [5.41, 5.74) is 3.30. The molecule has 5 rings (SSSR count). The Hall–Kier alpha value is -3.02. The molecule has 5 heteroatoms. The lowest BCUT2D eigenvalue weighted by atomic mass is 9.97. The molecule has 0 bridgehead atoms. The van der Waals surface area contributed by atoms with Crippen LogP contribution in [-0.4, -0.2) is 35.4 Å². The Balaban J connectivity index is 1.20. The largest absolute Gasteiger partial charge is 0.344 e. The second-order valence-electron chi connectivity index (χ2n) is 8.39. The van der Waals surface area contributed by atoms with Crippen LogP contribution in [0, 0.1) is 0 Å². The predicted octanol–water partition coefficient (Wildman–Crippen LogP) is 5.38. The van der Waals surface area contributed by atoms with E-state index in [0.29, 0.717) is 12.5 Å². The summed E-state index contributed by atoms with van der Waals surface area (Å²) in [5.74, 6) is 0.564. The van der Waals surface area contributed by atoms with Crippen LogP contribution in [0.4, 0.5) is 0 Å². The summed E-state index contributed by atoms with van der Waals surface area (Å²) in [7, 11) is 0. The van der Waals surface area contributed by atoms with Crippen LogP contribution in [-0.2, 0) is 4.79 Å². The first-order chi connectivity index (χ1) is 15.8. The Morgan fingerprint density at radius 1 is 0.906 bits per heavy atom. The molecule has 1 aromatic heterocycles. The number of aromatic nitrogens is 1. The molecule has 162 valence electrons. The molecule has 0 radical (unpaired) electrons. The van der Waals surface area contributed by atoms with Gasteiger partial charge in [0.25, 0.3) is 0 Å². The number of nitrogens with one attached hydrogen (secondary N) is 1. The smallest absolute Gasteiger partial charge is 0.234 e. The zero-order valence-corrected chi connectivity index (χ0v) is 18.8. The standard InChI is InChI=1S/C27H27N3OS/c31-25(29-26(20-9-3-1-4-10-20)21-11-5-2-6-12-21)19-30-17-15-22(16-18-30)27-28-23-13-7-8-14-24(23)32-27/h1-14,22,26H,15-19H2,(H,29,31). The van der Waals surface area contributed by atoms with Gasteiger partial charge in [-0.25, -0.2) is 4.98 Å². The summed E-state index contributed by atoms with van der Waals surface area (Å²) < 4.78 is 1.26. The van der Waals surface area contributed by atoms with E-state index in [1.165, 1.54) is 9.71 Å². The van der Waals surface area contributed by atoms with Gasteiger partial charge in [-0.3, -0.25) is 9.69 Å². The van der Waals surface area contributed by atoms with E-state index in [4.69, 9.17) is 4.98 Å². The summed E-state index contributed by atoms with van der Waals surface area (Å²) in [6.45, 7) is 2.29. The van der Waals surface area contributed by atoms with Crippen LogP contribution in [0.3, 0.4) is 0 Å². The second kappa shape index (κ2) is 9.63. The van der Waals surface area contributed by atoms with Crippen molar-refractivity contribution in [3.8, 4) is 0 Å². The molecule has 1 saturated heterocycles. The molecule has 3 aromatic carbocycles. The first kappa shape index (κ1) is 20.9. The van der Waals surface area contributed by atoms with Crippen LogP contribution in [0.25, 0.3) is 10.2 Å². The number of thiazole rings is 1. The first-order valence-electron chi connectivity index (χ1n) is 11.2. The van der Waals surface area contributed by atoms with Crippen molar-refractivity contribution in [2.24, 2.45) is 0 Å². The van der Waals surface area contributed by atoms with Crippen molar-refractivity contribution in [1.82, 2.24) is 15.2 Å². The van der Waals surface area contributed by atoms with Crippen LogP contribution in [0.5, 0.6) is 0 Å². The Bertz CT molecular complexity index is 1090. The molecule has 4 nitrogen and oxygen atoms in total. The predicted molar refractivity (Wildman–Crippen MR) is 131 cm³/mol. The highest BCUT2D eigenvalue weighted by Crippen LogP contribution is 2.33. The maximum absolute atomic E-state index is 13.0. The number of para-hydroxylation sites is 1. The fourth-order valence-corrected chi connectivity index (χ4v) is 5.60. The maximum Gasteiger partial charge on any atom is 0.234 e. The average Bonchev–Trinajstić information content (AvgIpc) is 3.28. The number of hydrogen-bond acceptors (Lipinski definition) is 4. The van der Waals surface area contributed by atoms with Crippen LogP contribution in [0.2, 0.25) is 0 Å². The molecular weight excluding hydrogens is 414 g/mol. The summed E-state index contributed by atoms with van der Waals surface area (Å²) in [5, 5.41) is 4.51. The van der Waals surface area contributed by atoms with Crippen LogP contribution in [0.15, 0.2) is 84.9 Å². The molecule has 32 heavy (non-hydrogen) atoms. The number of carbonyl (C=O) groups excluding carboxylic acids is 1. The van der Waals surface area contributed by atoms with Crippen molar-refractivity contribution in [2.75, 3.05) is 19.6 Å². The number of rotatable bonds is 6. The molecule has 1 aliphatic rings. The van der Waals surface area contributed by atoms with Gasteiger partial charge in [-0.15, -0.1) is 11.3 Å². The lowest BCUT2D eigenvalue weighted by Gasteiger charge is -2.31. The SMILES string of the molecule is O=C(CN1CCC(c2nc3ccccc3s2)CC1)NC(c1ccccc1)c1ccccc1. The van der Waals surface area contributed by atoms with E-state index in [-0.39, 0.29) is 11.9 Å². The minimum Gasteiger partial charge on any atom is -0.344 e. The van der Waals surface area contributed by atoms with Crippen molar-refractivity contribution in [1.29, 1.82) is 0 Å². The van der Waals surface area contributed by atoms with Gasteiger partial charge in [-0.2, -0.15) is 0 Å². The third-order valence-corrected chi connectivity index (χ3v) is 7.38. The molecule has 0 saturated carbocycles. The minimum atomic E-state index is -0.134. The molecule has 0 aliphatic carbocycles. The van der Waals surface area contributed by atoms with E-state index in [2.05, 4.69) is 52.7 Å². The van der Waals surface area contributed by atoms with Gasteiger partial charge < -0.3 is 5.32 Å².